The number of amides is 1. The van der Waals surface area contributed by atoms with Crippen LogP contribution in [0.3, 0.4) is 0 Å². The lowest BCUT2D eigenvalue weighted by molar-refractivity contribution is -0.385. The molecule has 1 aliphatic heterocycles. The molecule has 0 spiro atoms. The molecule has 0 atom stereocenters. The quantitative estimate of drug-likeness (QED) is 0.542. The average molecular weight is 403 g/mol. The van der Waals surface area contributed by atoms with E-state index >= 15 is 0 Å². The van der Waals surface area contributed by atoms with Gasteiger partial charge in [-0.1, -0.05) is 12.1 Å². The Morgan fingerprint density at radius 3 is 2.50 bits per heavy atom. The minimum Gasteiger partial charge on any atom is -0.326 e. The maximum Gasteiger partial charge on any atom is 0.274 e. The second-order valence-corrected chi connectivity index (χ2v) is 8.05. The van der Waals surface area contributed by atoms with E-state index in [1.807, 2.05) is 11.3 Å². The zero-order valence-corrected chi connectivity index (χ0v) is 16.9. The Bertz CT molecular complexity index is 802. The van der Waals surface area contributed by atoms with E-state index in [9.17, 15) is 14.9 Å². The minimum absolute atomic E-state index is 0.0245. The first kappa shape index (κ1) is 20.4. The van der Waals surface area contributed by atoms with E-state index in [0.29, 0.717) is 24.2 Å². The highest BCUT2D eigenvalue weighted by Gasteiger charge is 2.18. The summed E-state index contributed by atoms with van der Waals surface area (Å²) in [7, 11) is 0. The van der Waals surface area contributed by atoms with Crippen molar-refractivity contribution in [3.8, 4) is 0 Å². The molecule has 1 fully saturated rings. The summed E-state index contributed by atoms with van der Waals surface area (Å²) in [6.07, 6.45) is 1.49. The normalized spacial score (nSPS) is 15.5. The third-order valence-corrected chi connectivity index (χ3v) is 6.09. The van der Waals surface area contributed by atoms with Crippen molar-refractivity contribution in [3.63, 3.8) is 0 Å². The Kier molecular flexibility index (Phi) is 7.13. The zero-order valence-electron chi connectivity index (χ0n) is 16.1. The van der Waals surface area contributed by atoms with Crippen LogP contribution in [0.2, 0.25) is 0 Å². The fourth-order valence-corrected chi connectivity index (χ4v) is 4.09. The van der Waals surface area contributed by atoms with E-state index in [2.05, 4.69) is 32.6 Å². The SMILES string of the molecule is Cc1c(NC(=O)CCN2CCN(CCc3cccs3)CC2)cccc1[N+](=O)[O-]. The van der Waals surface area contributed by atoms with Gasteiger partial charge in [-0.25, -0.2) is 0 Å². The molecule has 8 heteroatoms. The third kappa shape index (κ3) is 5.60. The Hall–Kier alpha value is -2.29. The van der Waals surface area contributed by atoms with Gasteiger partial charge in [0.1, 0.15) is 0 Å². The van der Waals surface area contributed by atoms with E-state index in [1.54, 1.807) is 19.1 Å². The topological polar surface area (TPSA) is 78.7 Å². The van der Waals surface area contributed by atoms with Gasteiger partial charge in [0.2, 0.25) is 5.91 Å². The van der Waals surface area contributed by atoms with E-state index in [-0.39, 0.29) is 11.6 Å². The molecule has 1 aromatic carbocycles. The molecule has 0 radical (unpaired) electrons. The van der Waals surface area contributed by atoms with Crippen molar-refractivity contribution in [1.29, 1.82) is 0 Å². The summed E-state index contributed by atoms with van der Waals surface area (Å²) < 4.78 is 0. The Labute approximate surface area is 169 Å². The highest BCUT2D eigenvalue weighted by atomic mass is 32.1. The Morgan fingerprint density at radius 1 is 1.14 bits per heavy atom. The standard InChI is InChI=1S/C20H26N4O3S/c1-16-18(5-2-6-19(16)24(26)27)21-20(25)8-10-23-13-11-22(12-14-23)9-7-17-4-3-15-28-17/h2-6,15H,7-14H2,1H3,(H,21,25). The van der Waals surface area contributed by atoms with Crippen LogP contribution in [0.4, 0.5) is 11.4 Å². The number of benzene rings is 1. The molecular weight excluding hydrogens is 376 g/mol. The van der Waals surface area contributed by atoms with Gasteiger partial charge >= 0.3 is 0 Å². The van der Waals surface area contributed by atoms with Gasteiger partial charge in [0.25, 0.3) is 5.69 Å². The van der Waals surface area contributed by atoms with Crippen molar-refractivity contribution in [3.05, 3.63) is 56.3 Å². The number of nitrogens with one attached hydrogen (secondary N) is 1. The van der Waals surface area contributed by atoms with Gasteiger partial charge in [-0.3, -0.25) is 14.9 Å². The lowest BCUT2D eigenvalue weighted by Crippen LogP contribution is -2.47. The molecule has 28 heavy (non-hydrogen) atoms. The molecule has 1 N–H and O–H groups in total. The van der Waals surface area contributed by atoms with Gasteiger partial charge in [-0.15, -0.1) is 11.3 Å². The molecule has 2 aromatic rings. The van der Waals surface area contributed by atoms with Crippen LogP contribution in [0, 0.1) is 17.0 Å². The van der Waals surface area contributed by atoms with Crippen LogP contribution < -0.4 is 5.32 Å². The fraction of sp³-hybridized carbons (Fsp3) is 0.450. The van der Waals surface area contributed by atoms with Gasteiger partial charge in [-0.2, -0.15) is 0 Å². The number of hydrogen-bond donors (Lipinski definition) is 1. The number of nitrogens with zero attached hydrogens (tertiary/aromatic N) is 3. The number of nitro groups is 1. The summed E-state index contributed by atoms with van der Waals surface area (Å²) in [5.41, 5.74) is 1.02. The molecule has 1 saturated heterocycles. The van der Waals surface area contributed by atoms with Crippen LogP contribution in [-0.4, -0.2) is 59.9 Å². The number of piperazine rings is 1. The second-order valence-electron chi connectivity index (χ2n) is 7.02. The van der Waals surface area contributed by atoms with Crippen molar-refractivity contribution in [2.75, 3.05) is 44.6 Å². The molecule has 1 aromatic heterocycles. The first-order valence-electron chi connectivity index (χ1n) is 9.54. The molecule has 1 amide bonds. The Balaban J connectivity index is 1.39. The van der Waals surface area contributed by atoms with Gasteiger partial charge in [0.05, 0.1) is 16.2 Å². The van der Waals surface area contributed by atoms with Crippen molar-refractivity contribution >= 4 is 28.6 Å². The van der Waals surface area contributed by atoms with Crippen LogP contribution in [0.15, 0.2) is 35.7 Å². The van der Waals surface area contributed by atoms with Crippen LogP contribution in [0.1, 0.15) is 16.9 Å². The van der Waals surface area contributed by atoms with E-state index in [0.717, 1.165) is 39.1 Å². The van der Waals surface area contributed by atoms with Gasteiger partial charge in [0.15, 0.2) is 0 Å². The molecule has 7 nitrogen and oxygen atoms in total. The smallest absolute Gasteiger partial charge is 0.274 e. The number of hydrogen-bond acceptors (Lipinski definition) is 6. The largest absolute Gasteiger partial charge is 0.326 e. The lowest BCUT2D eigenvalue weighted by atomic mass is 10.1. The van der Waals surface area contributed by atoms with Crippen molar-refractivity contribution in [1.82, 2.24) is 9.80 Å². The predicted molar refractivity (Wildman–Crippen MR) is 112 cm³/mol. The van der Waals surface area contributed by atoms with Crippen molar-refractivity contribution in [2.45, 2.75) is 19.8 Å². The maximum absolute atomic E-state index is 12.3. The summed E-state index contributed by atoms with van der Waals surface area (Å²) in [4.78, 5) is 29.1. The van der Waals surface area contributed by atoms with Crippen molar-refractivity contribution < 1.29 is 9.72 Å². The third-order valence-electron chi connectivity index (χ3n) is 5.15. The van der Waals surface area contributed by atoms with Gasteiger partial charge in [-0.05, 0) is 30.9 Å². The lowest BCUT2D eigenvalue weighted by Gasteiger charge is -2.34. The van der Waals surface area contributed by atoms with E-state index < -0.39 is 4.92 Å². The molecule has 1 aliphatic rings. The molecule has 150 valence electrons. The molecule has 2 heterocycles. The average Bonchev–Trinajstić information content (AvgIpc) is 3.20. The van der Waals surface area contributed by atoms with Crippen LogP contribution in [-0.2, 0) is 11.2 Å². The highest BCUT2D eigenvalue weighted by molar-refractivity contribution is 7.09. The zero-order chi connectivity index (χ0) is 19.9. The highest BCUT2D eigenvalue weighted by Crippen LogP contribution is 2.25. The number of anilines is 1. The van der Waals surface area contributed by atoms with Crippen LogP contribution >= 0.6 is 11.3 Å². The monoisotopic (exact) mass is 402 g/mol. The predicted octanol–water partition coefficient (Wildman–Crippen LogP) is 3.15. The molecule has 0 saturated carbocycles. The van der Waals surface area contributed by atoms with E-state index in [4.69, 9.17) is 0 Å². The number of carbonyl (C=O) groups excluding carboxylic acids is 1. The van der Waals surface area contributed by atoms with E-state index in [1.165, 1.54) is 10.9 Å². The number of rotatable bonds is 8. The first-order chi connectivity index (χ1) is 13.5. The summed E-state index contributed by atoms with van der Waals surface area (Å²) in [6, 6.07) is 9.02. The molecular formula is C20H26N4O3S. The summed E-state index contributed by atoms with van der Waals surface area (Å²) in [5, 5.41) is 15.9. The minimum atomic E-state index is -0.428. The Morgan fingerprint density at radius 2 is 1.86 bits per heavy atom. The molecule has 0 bridgehead atoms. The maximum atomic E-state index is 12.3. The number of carbonyl (C=O) groups is 1. The molecule has 0 aliphatic carbocycles. The molecule has 0 unspecified atom stereocenters. The summed E-state index contributed by atoms with van der Waals surface area (Å²) in [6.45, 7) is 7.43. The van der Waals surface area contributed by atoms with Crippen LogP contribution in [0.5, 0.6) is 0 Å². The van der Waals surface area contributed by atoms with Gasteiger partial charge in [0, 0.05) is 56.6 Å². The van der Waals surface area contributed by atoms with Gasteiger partial charge < -0.3 is 15.1 Å². The first-order valence-corrected chi connectivity index (χ1v) is 10.4. The summed E-state index contributed by atoms with van der Waals surface area (Å²) >= 11 is 1.81. The van der Waals surface area contributed by atoms with Crippen molar-refractivity contribution in [2.24, 2.45) is 0 Å². The number of nitro benzene ring substituents is 1. The summed E-state index contributed by atoms with van der Waals surface area (Å²) in [5.74, 6) is -0.108. The fourth-order valence-electron chi connectivity index (χ4n) is 3.39. The van der Waals surface area contributed by atoms with Crippen LogP contribution in [0.25, 0.3) is 0 Å². The molecule has 3 rings (SSSR count). The second kappa shape index (κ2) is 9.77. The number of thiophene rings is 1.